The summed E-state index contributed by atoms with van der Waals surface area (Å²) in [6, 6.07) is 10.1. The maximum atomic E-state index is 9.85. The van der Waals surface area contributed by atoms with Gasteiger partial charge < -0.3 is 10.4 Å². The summed E-state index contributed by atoms with van der Waals surface area (Å²) in [5, 5.41) is 13.4. The van der Waals surface area contributed by atoms with E-state index in [2.05, 4.69) is 29.4 Å². The molecule has 0 bridgehead atoms. The van der Waals surface area contributed by atoms with E-state index in [1.807, 2.05) is 30.6 Å². The molecule has 0 fully saturated rings. The van der Waals surface area contributed by atoms with Crippen LogP contribution in [0.15, 0.2) is 35.8 Å². The Labute approximate surface area is 118 Å². The Bertz CT molecular complexity index is 506. The molecule has 1 aromatic carbocycles. The van der Waals surface area contributed by atoms with Crippen LogP contribution in [0.25, 0.3) is 0 Å². The number of aryl methyl sites for hydroxylation is 1. The van der Waals surface area contributed by atoms with Gasteiger partial charge >= 0.3 is 0 Å². The van der Waals surface area contributed by atoms with E-state index in [0.717, 1.165) is 24.2 Å². The SMILES string of the molecule is CC[C@](CO)(NCc1scnc1C)c1ccccc1. The number of rotatable bonds is 6. The molecule has 1 aromatic heterocycles. The van der Waals surface area contributed by atoms with Crippen LogP contribution >= 0.6 is 11.3 Å². The molecule has 0 unspecified atom stereocenters. The first kappa shape index (κ1) is 14.2. The highest BCUT2D eigenvalue weighted by molar-refractivity contribution is 7.09. The molecule has 0 aliphatic carbocycles. The van der Waals surface area contributed by atoms with E-state index in [0.29, 0.717) is 0 Å². The highest BCUT2D eigenvalue weighted by Gasteiger charge is 2.29. The molecule has 0 saturated heterocycles. The molecule has 2 aromatic rings. The second-order valence-corrected chi connectivity index (χ2v) is 5.61. The first-order chi connectivity index (χ1) is 9.22. The minimum Gasteiger partial charge on any atom is -0.394 e. The molecule has 2 rings (SSSR count). The number of nitrogens with zero attached hydrogens (tertiary/aromatic N) is 1. The number of thiazole rings is 1. The normalized spacial score (nSPS) is 14.3. The maximum Gasteiger partial charge on any atom is 0.0798 e. The highest BCUT2D eigenvalue weighted by Crippen LogP contribution is 2.25. The van der Waals surface area contributed by atoms with Gasteiger partial charge in [0.1, 0.15) is 0 Å². The van der Waals surface area contributed by atoms with Crippen molar-refractivity contribution in [3.05, 3.63) is 52.0 Å². The highest BCUT2D eigenvalue weighted by atomic mass is 32.1. The summed E-state index contributed by atoms with van der Waals surface area (Å²) >= 11 is 1.65. The van der Waals surface area contributed by atoms with Crippen LogP contribution in [-0.4, -0.2) is 16.7 Å². The minimum absolute atomic E-state index is 0.0887. The van der Waals surface area contributed by atoms with Gasteiger partial charge in [-0.25, -0.2) is 4.98 Å². The zero-order valence-corrected chi connectivity index (χ0v) is 12.2. The molecule has 0 aliphatic heterocycles. The molecule has 1 atom stereocenters. The van der Waals surface area contributed by atoms with Crippen LogP contribution in [0.4, 0.5) is 0 Å². The summed E-state index contributed by atoms with van der Waals surface area (Å²) in [6.07, 6.45) is 0.839. The zero-order valence-electron chi connectivity index (χ0n) is 11.4. The van der Waals surface area contributed by atoms with Crippen molar-refractivity contribution >= 4 is 11.3 Å². The third-order valence-electron chi connectivity index (χ3n) is 3.63. The Morgan fingerprint density at radius 1 is 1.32 bits per heavy atom. The monoisotopic (exact) mass is 276 g/mol. The molecular weight excluding hydrogens is 256 g/mol. The van der Waals surface area contributed by atoms with E-state index < -0.39 is 0 Å². The van der Waals surface area contributed by atoms with E-state index in [1.165, 1.54) is 4.88 Å². The minimum atomic E-state index is -0.377. The smallest absolute Gasteiger partial charge is 0.0798 e. The predicted molar refractivity (Wildman–Crippen MR) is 79.2 cm³/mol. The summed E-state index contributed by atoms with van der Waals surface area (Å²) < 4.78 is 0. The van der Waals surface area contributed by atoms with E-state index in [1.54, 1.807) is 11.3 Å². The van der Waals surface area contributed by atoms with Crippen molar-refractivity contribution in [2.45, 2.75) is 32.4 Å². The Balaban J connectivity index is 2.18. The Hall–Kier alpha value is -1.23. The number of aliphatic hydroxyl groups is 1. The van der Waals surface area contributed by atoms with Crippen molar-refractivity contribution in [3.8, 4) is 0 Å². The lowest BCUT2D eigenvalue weighted by Crippen LogP contribution is -2.44. The van der Waals surface area contributed by atoms with Crippen LogP contribution in [0.2, 0.25) is 0 Å². The molecule has 4 heteroatoms. The van der Waals surface area contributed by atoms with Crippen molar-refractivity contribution in [1.82, 2.24) is 10.3 Å². The maximum absolute atomic E-state index is 9.85. The molecule has 0 spiro atoms. The fourth-order valence-electron chi connectivity index (χ4n) is 2.19. The number of benzene rings is 1. The molecule has 0 aliphatic rings. The first-order valence-corrected chi connectivity index (χ1v) is 7.40. The van der Waals surface area contributed by atoms with Gasteiger partial charge in [-0.05, 0) is 18.9 Å². The van der Waals surface area contributed by atoms with Gasteiger partial charge in [-0.2, -0.15) is 0 Å². The van der Waals surface area contributed by atoms with Gasteiger partial charge in [-0.15, -0.1) is 11.3 Å². The predicted octanol–water partition coefficient (Wildman–Crippen LogP) is 2.84. The summed E-state index contributed by atoms with van der Waals surface area (Å²) in [7, 11) is 0. The Morgan fingerprint density at radius 2 is 2.05 bits per heavy atom. The molecule has 0 saturated carbocycles. The van der Waals surface area contributed by atoms with Crippen LogP contribution in [-0.2, 0) is 12.1 Å². The Kier molecular flexibility index (Phi) is 4.69. The lowest BCUT2D eigenvalue weighted by atomic mass is 9.88. The first-order valence-electron chi connectivity index (χ1n) is 6.52. The van der Waals surface area contributed by atoms with Gasteiger partial charge in [0.15, 0.2) is 0 Å². The largest absolute Gasteiger partial charge is 0.394 e. The zero-order chi connectivity index (χ0) is 13.7. The molecule has 0 radical (unpaired) electrons. The van der Waals surface area contributed by atoms with E-state index in [9.17, 15) is 5.11 Å². The second kappa shape index (κ2) is 6.28. The second-order valence-electron chi connectivity index (χ2n) is 4.67. The summed E-state index contributed by atoms with van der Waals surface area (Å²) in [4.78, 5) is 5.48. The third kappa shape index (κ3) is 3.03. The standard InChI is InChI=1S/C15H20N2OS/c1-3-15(10-18,13-7-5-4-6-8-13)17-9-14-12(2)16-11-19-14/h4-8,11,17-18H,3,9-10H2,1-2H3/t15-/m1/s1. The molecule has 0 amide bonds. The lowest BCUT2D eigenvalue weighted by Gasteiger charge is -2.32. The van der Waals surface area contributed by atoms with Crippen LogP contribution < -0.4 is 5.32 Å². The number of hydrogen-bond donors (Lipinski definition) is 2. The lowest BCUT2D eigenvalue weighted by molar-refractivity contribution is 0.154. The van der Waals surface area contributed by atoms with Crippen molar-refractivity contribution in [2.75, 3.05) is 6.61 Å². The topological polar surface area (TPSA) is 45.1 Å². The number of aromatic nitrogens is 1. The van der Waals surface area contributed by atoms with Gasteiger partial charge in [-0.3, -0.25) is 0 Å². The summed E-state index contributed by atoms with van der Waals surface area (Å²) in [6.45, 7) is 4.93. The van der Waals surface area contributed by atoms with Crippen molar-refractivity contribution in [2.24, 2.45) is 0 Å². The molecule has 1 heterocycles. The summed E-state index contributed by atoms with van der Waals surface area (Å²) in [5.74, 6) is 0. The van der Waals surface area contributed by atoms with Crippen LogP contribution in [0, 0.1) is 6.92 Å². The van der Waals surface area contributed by atoms with Gasteiger partial charge in [0.2, 0.25) is 0 Å². The molecule has 102 valence electrons. The van der Waals surface area contributed by atoms with Gasteiger partial charge in [0.25, 0.3) is 0 Å². The number of aliphatic hydroxyl groups excluding tert-OH is 1. The quantitative estimate of drug-likeness (QED) is 0.853. The Morgan fingerprint density at radius 3 is 2.58 bits per heavy atom. The average Bonchev–Trinajstić information content (AvgIpc) is 2.87. The van der Waals surface area contributed by atoms with Gasteiger partial charge in [-0.1, -0.05) is 37.3 Å². The number of nitrogens with one attached hydrogen (secondary N) is 1. The van der Waals surface area contributed by atoms with Gasteiger partial charge in [0, 0.05) is 11.4 Å². The average molecular weight is 276 g/mol. The third-order valence-corrected chi connectivity index (χ3v) is 4.57. The van der Waals surface area contributed by atoms with Crippen LogP contribution in [0.5, 0.6) is 0 Å². The molecule has 3 nitrogen and oxygen atoms in total. The van der Waals surface area contributed by atoms with Crippen molar-refractivity contribution in [3.63, 3.8) is 0 Å². The van der Waals surface area contributed by atoms with E-state index in [4.69, 9.17) is 0 Å². The van der Waals surface area contributed by atoms with Crippen molar-refractivity contribution in [1.29, 1.82) is 0 Å². The molecule has 2 N–H and O–H groups in total. The van der Waals surface area contributed by atoms with E-state index in [-0.39, 0.29) is 12.1 Å². The summed E-state index contributed by atoms with van der Waals surface area (Å²) in [5.41, 5.74) is 3.68. The molecular formula is C15H20N2OS. The van der Waals surface area contributed by atoms with Crippen LogP contribution in [0.3, 0.4) is 0 Å². The number of hydrogen-bond acceptors (Lipinski definition) is 4. The van der Waals surface area contributed by atoms with E-state index >= 15 is 0 Å². The van der Waals surface area contributed by atoms with Crippen molar-refractivity contribution < 1.29 is 5.11 Å². The fraction of sp³-hybridized carbons (Fsp3) is 0.400. The van der Waals surface area contributed by atoms with Crippen LogP contribution in [0.1, 0.15) is 29.5 Å². The fourth-order valence-corrected chi connectivity index (χ4v) is 2.91. The molecule has 19 heavy (non-hydrogen) atoms. The van der Waals surface area contributed by atoms with Gasteiger partial charge in [0.05, 0.1) is 23.4 Å².